The first-order chi connectivity index (χ1) is 14.9. The van der Waals surface area contributed by atoms with Crippen LogP contribution in [0, 0.1) is 0 Å². The second kappa shape index (κ2) is 9.94. The van der Waals surface area contributed by atoms with Gasteiger partial charge >= 0.3 is 0 Å². The first-order valence-electron chi connectivity index (χ1n) is 9.55. The van der Waals surface area contributed by atoms with Gasteiger partial charge in [0.25, 0.3) is 0 Å². The van der Waals surface area contributed by atoms with E-state index in [2.05, 4.69) is 43.9 Å². The van der Waals surface area contributed by atoms with Gasteiger partial charge in [0, 0.05) is 45.7 Å². The van der Waals surface area contributed by atoms with Gasteiger partial charge in [-0.15, -0.1) is 0 Å². The zero-order chi connectivity index (χ0) is 22.3. The lowest BCUT2D eigenvalue weighted by molar-refractivity contribution is 0.602. The number of aromatic nitrogens is 3. The molecule has 9 heteroatoms. The van der Waals surface area contributed by atoms with Crippen LogP contribution in [0.3, 0.4) is 0 Å². The number of benzene rings is 1. The van der Waals surface area contributed by atoms with Crippen molar-refractivity contribution in [2.24, 2.45) is 4.99 Å². The lowest BCUT2D eigenvalue weighted by Crippen LogP contribution is -2.14. The highest BCUT2D eigenvalue weighted by molar-refractivity contribution is 7.90. The summed E-state index contributed by atoms with van der Waals surface area (Å²) in [5.41, 5.74) is 4.31. The predicted molar refractivity (Wildman–Crippen MR) is 131 cm³/mol. The molecule has 31 heavy (non-hydrogen) atoms. The normalized spacial score (nSPS) is 11.0. The van der Waals surface area contributed by atoms with Gasteiger partial charge in [-0.2, -0.15) is 0 Å². The van der Waals surface area contributed by atoms with E-state index in [0.29, 0.717) is 24.9 Å². The van der Waals surface area contributed by atoms with Gasteiger partial charge in [0.05, 0.1) is 17.1 Å². The van der Waals surface area contributed by atoms with Gasteiger partial charge in [-0.25, -0.2) is 23.4 Å². The van der Waals surface area contributed by atoms with Gasteiger partial charge in [0.15, 0.2) is 0 Å². The van der Waals surface area contributed by atoms with Crippen LogP contribution in [0.4, 0.5) is 17.5 Å². The van der Waals surface area contributed by atoms with Crippen LogP contribution in [0.2, 0.25) is 0 Å². The van der Waals surface area contributed by atoms with E-state index in [1.165, 1.54) is 6.26 Å². The summed E-state index contributed by atoms with van der Waals surface area (Å²) in [6.07, 6.45) is 6.36. The fourth-order valence-electron chi connectivity index (χ4n) is 2.81. The molecule has 3 rings (SSSR count). The summed E-state index contributed by atoms with van der Waals surface area (Å²) in [4.78, 5) is 17.1. The van der Waals surface area contributed by atoms with Crippen molar-refractivity contribution < 1.29 is 11.3 Å². The summed E-state index contributed by atoms with van der Waals surface area (Å²) in [7, 11) is -3.00. The van der Waals surface area contributed by atoms with Crippen LogP contribution < -0.4 is 10.6 Å². The minimum Gasteiger partial charge on any atom is -0.369 e. The van der Waals surface area contributed by atoms with Crippen molar-refractivity contribution in [1.29, 1.82) is 0 Å². The van der Waals surface area contributed by atoms with Crippen molar-refractivity contribution in [2.75, 3.05) is 29.2 Å². The highest BCUT2D eigenvalue weighted by Gasteiger charge is 2.06. The molecular weight excluding hydrogens is 412 g/mol. The van der Waals surface area contributed by atoms with Gasteiger partial charge in [0.2, 0.25) is 5.95 Å². The average Bonchev–Trinajstić information content (AvgIpc) is 2.77. The Morgan fingerprint density at radius 3 is 2.68 bits per heavy atom. The number of hydrogen-bond donors (Lipinski definition) is 2. The molecule has 0 saturated heterocycles. The lowest BCUT2D eigenvalue weighted by atomic mass is 10.1. The van der Waals surface area contributed by atoms with Gasteiger partial charge in [0.1, 0.15) is 15.7 Å². The van der Waals surface area contributed by atoms with Crippen molar-refractivity contribution in [2.45, 2.75) is 6.54 Å². The maximum atomic E-state index is 11.2. The molecule has 8 nitrogen and oxygen atoms in total. The molecule has 0 aliphatic rings. The van der Waals surface area contributed by atoms with Crippen LogP contribution in [-0.2, 0) is 16.4 Å². The molecule has 1 aromatic carbocycles. The fraction of sp³-hybridized carbons (Fsp3) is 0.182. The summed E-state index contributed by atoms with van der Waals surface area (Å²) in [5.74, 6) is 1.19. The van der Waals surface area contributed by atoms with E-state index in [1.807, 2.05) is 36.4 Å². The topological polar surface area (TPSA) is 109 Å². The standard InChI is InChI=1S/C22H24N6O2S.2H2/c1-4-17-13-18(6-7-19(17)23-2)20-9-10-25-22(28-20)27-15-16-5-8-21(26-14-16)24-11-12-31(3,29)30;;/h4-10,13-14H,1-2,11-12,15H2,3H3,(H,24,26)(H,25,27,28);2*1H. The number of pyridine rings is 1. The van der Waals surface area contributed by atoms with Gasteiger partial charge in [-0.3, -0.25) is 4.99 Å². The second-order valence-electron chi connectivity index (χ2n) is 6.86. The molecule has 0 amide bonds. The molecule has 0 radical (unpaired) electrons. The number of nitrogens with zero attached hydrogens (tertiary/aromatic N) is 4. The summed E-state index contributed by atoms with van der Waals surface area (Å²) < 4.78 is 22.4. The Bertz CT molecular complexity index is 1190. The number of nitrogens with one attached hydrogen (secondary N) is 2. The van der Waals surface area contributed by atoms with Crippen molar-refractivity contribution in [3.63, 3.8) is 0 Å². The van der Waals surface area contributed by atoms with Crippen LogP contribution in [-0.4, -0.2) is 48.6 Å². The lowest BCUT2D eigenvalue weighted by Gasteiger charge is -2.09. The van der Waals surface area contributed by atoms with E-state index in [1.54, 1.807) is 18.5 Å². The molecule has 0 fully saturated rings. The summed E-state index contributed by atoms with van der Waals surface area (Å²) in [6, 6.07) is 11.3. The number of anilines is 2. The van der Waals surface area contributed by atoms with E-state index in [9.17, 15) is 8.42 Å². The third-order valence-electron chi connectivity index (χ3n) is 4.42. The van der Waals surface area contributed by atoms with Crippen LogP contribution >= 0.6 is 0 Å². The van der Waals surface area contributed by atoms with Gasteiger partial charge < -0.3 is 10.6 Å². The van der Waals surface area contributed by atoms with Crippen LogP contribution in [0.25, 0.3) is 17.3 Å². The van der Waals surface area contributed by atoms with Gasteiger partial charge in [-0.1, -0.05) is 24.8 Å². The maximum Gasteiger partial charge on any atom is 0.223 e. The minimum atomic E-state index is -3.00. The molecule has 164 valence electrons. The monoisotopic (exact) mass is 440 g/mol. The van der Waals surface area contributed by atoms with Crippen LogP contribution in [0.15, 0.2) is 60.4 Å². The molecule has 0 aliphatic carbocycles. The van der Waals surface area contributed by atoms with E-state index in [4.69, 9.17) is 0 Å². The van der Waals surface area contributed by atoms with Crippen LogP contribution in [0.5, 0.6) is 0 Å². The van der Waals surface area contributed by atoms with Crippen molar-refractivity contribution in [3.8, 4) is 11.3 Å². The van der Waals surface area contributed by atoms with E-state index >= 15 is 0 Å². The Morgan fingerprint density at radius 1 is 1.16 bits per heavy atom. The van der Waals surface area contributed by atoms with Gasteiger partial charge in [-0.05, 0) is 36.5 Å². The maximum absolute atomic E-state index is 11.2. The first kappa shape index (κ1) is 22.1. The number of aliphatic imine (C=N–C) groups is 1. The molecule has 0 saturated carbocycles. The minimum absolute atomic E-state index is 0. The molecule has 0 atom stereocenters. The number of hydrogen-bond acceptors (Lipinski definition) is 8. The molecule has 0 unspecified atom stereocenters. The van der Waals surface area contributed by atoms with E-state index < -0.39 is 9.84 Å². The molecule has 2 aromatic heterocycles. The Balaban J connectivity index is 0.00000272. The third-order valence-corrected chi connectivity index (χ3v) is 5.37. The molecule has 2 heterocycles. The summed E-state index contributed by atoms with van der Waals surface area (Å²) in [5, 5.41) is 6.19. The van der Waals surface area contributed by atoms with E-state index in [-0.39, 0.29) is 8.61 Å². The smallest absolute Gasteiger partial charge is 0.223 e. The Hall–Kier alpha value is -3.59. The Labute approximate surface area is 185 Å². The zero-order valence-corrected chi connectivity index (χ0v) is 18.1. The van der Waals surface area contributed by atoms with Crippen molar-refractivity contribution >= 4 is 40.1 Å². The molecule has 0 bridgehead atoms. The number of rotatable bonds is 10. The molecular formula is C22H28N6O2S. The van der Waals surface area contributed by atoms with Crippen molar-refractivity contribution in [1.82, 2.24) is 15.0 Å². The third kappa shape index (κ3) is 6.45. The largest absolute Gasteiger partial charge is 0.369 e. The Morgan fingerprint density at radius 2 is 2.00 bits per heavy atom. The van der Waals surface area contributed by atoms with Crippen molar-refractivity contribution in [3.05, 3.63) is 66.5 Å². The van der Waals surface area contributed by atoms with E-state index in [0.717, 1.165) is 28.1 Å². The highest BCUT2D eigenvalue weighted by atomic mass is 32.2. The molecule has 0 spiro atoms. The predicted octanol–water partition coefficient (Wildman–Crippen LogP) is 4.07. The quantitative estimate of drug-likeness (QED) is 0.457. The SMILES string of the molecule is C=Cc1cc(-c2ccnc(NCc3ccc(NCCS(C)(=O)=O)nc3)n2)ccc1N=C.[HH].[HH]. The fourth-order valence-corrected chi connectivity index (χ4v) is 3.28. The zero-order valence-electron chi connectivity index (χ0n) is 17.2. The van der Waals surface area contributed by atoms with Crippen LogP contribution in [0.1, 0.15) is 14.0 Å². The molecule has 2 N–H and O–H groups in total. The highest BCUT2D eigenvalue weighted by Crippen LogP contribution is 2.26. The second-order valence-corrected chi connectivity index (χ2v) is 9.12. The first-order valence-corrected chi connectivity index (χ1v) is 11.6. The Kier molecular flexibility index (Phi) is 7.09. The summed E-state index contributed by atoms with van der Waals surface area (Å²) >= 11 is 0. The average molecular weight is 441 g/mol. The number of sulfone groups is 1. The molecule has 0 aliphatic heterocycles. The summed E-state index contributed by atoms with van der Waals surface area (Å²) in [6.45, 7) is 8.21. The molecule has 3 aromatic rings.